The molecule has 0 aromatic heterocycles. The van der Waals surface area contributed by atoms with E-state index >= 15 is 0 Å². The molecule has 2 heterocycles. The topological polar surface area (TPSA) is 170 Å². The van der Waals surface area contributed by atoms with E-state index in [2.05, 4.69) is 10.6 Å². The molecule has 2 fully saturated rings. The average Bonchev–Trinajstić information content (AvgIpc) is 2.95. The lowest BCUT2D eigenvalue weighted by molar-refractivity contribution is -0.176. The van der Waals surface area contributed by atoms with E-state index < -0.39 is 59.9 Å². The van der Waals surface area contributed by atoms with Gasteiger partial charge in [-0.3, -0.25) is 33.8 Å². The van der Waals surface area contributed by atoms with Gasteiger partial charge in [-0.25, -0.2) is 5.01 Å². The number of amides is 4. The van der Waals surface area contributed by atoms with Gasteiger partial charge in [0.2, 0.25) is 17.6 Å². The number of Topliss-reactive ketones (excluding diaryl/α,β-unsaturated/α-hetero) is 1. The zero-order valence-electron chi connectivity index (χ0n) is 18.1. The molecule has 1 aromatic rings. The van der Waals surface area contributed by atoms with Crippen LogP contribution in [0.3, 0.4) is 0 Å². The minimum absolute atomic E-state index is 0.0667. The highest BCUT2D eigenvalue weighted by molar-refractivity contribution is 6.43. The molecule has 1 aromatic carbocycles. The number of carbonyl (C=O) groups excluding carboxylic acids is 6. The molecule has 2 aliphatic heterocycles. The first-order chi connectivity index (χ1) is 16.2. The molecule has 3 rings (SSSR count). The molecule has 0 saturated carbocycles. The monoisotopic (exact) mass is 472 g/mol. The summed E-state index contributed by atoms with van der Waals surface area (Å²) in [4.78, 5) is 85.8. The summed E-state index contributed by atoms with van der Waals surface area (Å²) in [5, 5.41) is 15.6. The molecule has 0 bridgehead atoms. The highest BCUT2D eigenvalue weighted by Crippen LogP contribution is 2.25. The number of hydrogen-bond donors (Lipinski definition) is 3. The van der Waals surface area contributed by atoms with Crippen LogP contribution in [0.1, 0.15) is 42.5 Å². The molecule has 2 saturated heterocycles. The van der Waals surface area contributed by atoms with E-state index in [0.717, 1.165) is 10.0 Å². The van der Waals surface area contributed by atoms with Gasteiger partial charge in [-0.1, -0.05) is 30.3 Å². The Morgan fingerprint density at radius 2 is 1.82 bits per heavy atom. The van der Waals surface area contributed by atoms with Crippen LogP contribution in [0.15, 0.2) is 30.3 Å². The zero-order chi connectivity index (χ0) is 24.8. The Bertz CT molecular complexity index is 1010. The molecule has 3 atom stereocenters. The van der Waals surface area contributed by atoms with Crippen molar-refractivity contribution in [2.75, 3.05) is 6.54 Å². The normalized spacial score (nSPS) is 21.1. The first-order valence-corrected chi connectivity index (χ1v) is 10.7. The van der Waals surface area contributed by atoms with Crippen molar-refractivity contribution in [3.8, 4) is 0 Å². The smallest absolute Gasteiger partial charge is 0.305 e. The van der Waals surface area contributed by atoms with Crippen molar-refractivity contribution in [2.24, 2.45) is 0 Å². The molecule has 180 valence electrons. The number of carboxylic acid groups (broad SMARTS) is 1. The predicted molar refractivity (Wildman–Crippen MR) is 114 cm³/mol. The van der Waals surface area contributed by atoms with E-state index in [1.54, 1.807) is 18.2 Å². The maximum absolute atomic E-state index is 13.3. The number of hydrazine groups is 1. The Hall–Kier alpha value is -4.09. The van der Waals surface area contributed by atoms with Crippen molar-refractivity contribution in [3.05, 3.63) is 35.9 Å². The van der Waals surface area contributed by atoms with Crippen LogP contribution < -0.4 is 10.6 Å². The largest absolute Gasteiger partial charge is 0.481 e. The van der Waals surface area contributed by atoms with Gasteiger partial charge in [0.25, 0.3) is 11.8 Å². The molecule has 34 heavy (non-hydrogen) atoms. The van der Waals surface area contributed by atoms with Crippen LogP contribution in [0.25, 0.3) is 0 Å². The molecule has 0 unspecified atom stereocenters. The van der Waals surface area contributed by atoms with E-state index in [-0.39, 0.29) is 37.7 Å². The Morgan fingerprint density at radius 3 is 2.47 bits per heavy atom. The second-order valence-electron chi connectivity index (χ2n) is 7.97. The Labute approximate surface area is 194 Å². The third-order valence-electron chi connectivity index (χ3n) is 5.60. The number of nitrogens with zero attached hydrogens (tertiary/aromatic N) is 2. The molecule has 2 aliphatic rings. The summed E-state index contributed by atoms with van der Waals surface area (Å²) in [5.74, 6) is -5.15. The summed E-state index contributed by atoms with van der Waals surface area (Å²) in [5.41, 5.74) is 0.132. The van der Waals surface area contributed by atoms with Gasteiger partial charge >= 0.3 is 5.97 Å². The number of rotatable bonds is 8. The van der Waals surface area contributed by atoms with Gasteiger partial charge in [-0.05, 0) is 19.3 Å². The van der Waals surface area contributed by atoms with Crippen molar-refractivity contribution in [1.82, 2.24) is 20.7 Å². The first kappa shape index (κ1) is 24.6. The van der Waals surface area contributed by atoms with Crippen molar-refractivity contribution in [2.45, 2.75) is 50.2 Å². The lowest BCUT2D eigenvalue weighted by Gasteiger charge is -2.43. The molecular formula is C22H24N4O8. The van der Waals surface area contributed by atoms with Crippen molar-refractivity contribution >= 4 is 41.7 Å². The van der Waals surface area contributed by atoms with E-state index in [1.807, 2.05) is 0 Å². The minimum atomic E-state index is -1.31. The molecular weight excluding hydrogens is 448 g/mol. The molecule has 3 N–H and O–H groups in total. The van der Waals surface area contributed by atoms with E-state index in [0.29, 0.717) is 6.42 Å². The summed E-state index contributed by atoms with van der Waals surface area (Å²) in [6.07, 6.45) is 0.0182. The third-order valence-corrected chi connectivity index (χ3v) is 5.60. The molecule has 4 amide bonds. The maximum Gasteiger partial charge on any atom is 0.305 e. The van der Waals surface area contributed by atoms with Crippen molar-refractivity contribution < 1.29 is 38.7 Å². The van der Waals surface area contributed by atoms with E-state index in [1.165, 1.54) is 12.1 Å². The minimum Gasteiger partial charge on any atom is -0.481 e. The Balaban J connectivity index is 1.79. The molecule has 0 aliphatic carbocycles. The average molecular weight is 472 g/mol. The Morgan fingerprint density at radius 1 is 1.12 bits per heavy atom. The number of benzene rings is 1. The number of carbonyl (C=O) groups is 7. The first-order valence-electron chi connectivity index (χ1n) is 10.7. The van der Waals surface area contributed by atoms with Crippen molar-refractivity contribution in [3.63, 3.8) is 0 Å². The maximum atomic E-state index is 13.3. The SMILES string of the molecule is O=C[C@H](CC(=O)O)NC(=O)[C@@H]1CCCN2C(=O)CC[C@H](NC(=O)C(=O)c3ccccc3)C(=O)N12. The zero-order valence-corrected chi connectivity index (χ0v) is 18.1. The highest BCUT2D eigenvalue weighted by Gasteiger charge is 2.45. The standard InChI is InChI=1S/C22H24N4O8/c27-12-14(11-18(29)30)23-20(32)16-7-4-10-25-17(28)9-8-15(22(34)26(16)25)24-21(33)19(31)13-5-2-1-3-6-13/h1-3,5-6,12,14-16H,4,7-11H2,(H,23,32)(H,24,33)(H,29,30)/t14-,15-,16-/m0/s1. The number of ketones is 1. The van der Waals surface area contributed by atoms with Gasteiger partial charge in [0.05, 0.1) is 12.5 Å². The number of aliphatic carboxylic acids is 1. The predicted octanol–water partition coefficient (Wildman–Crippen LogP) is -0.959. The second-order valence-corrected chi connectivity index (χ2v) is 7.97. The van der Waals surface area contributed by atoms with Gasteiger partial charge in [0.1, 0.15) is 18.4 Å². The van der Waals surface area contributed by atoms with E-state index in [4.69, 9.17) is 5.11 Å². The highest BCUT2D eigenvalue weighted by atomic mass is 16.4. The van der Waals surface area contributed by atoms with Crippen LogP contribution in [0.2, 0.25) is 0 Å². The Kier molecular flexibility index (Phi) is 7.71. The van der Waals surface area contributed by atoms with Crippen LogP contribution in [-0.2, 0) is 28.8 Å². The fourth-order valence-electron chi connectivity index (χ4n) is 3.95. The molecule has 12 heteroatoms. The number of aldehydes is 1. The fraction of sp³-hybridized carbons (Fsp3) is 0.409. The van der Waals surface area contributed by atoms with Gasteiger partial charge in [-0.2, -0.15) is 0 Å². The van der Waals surface area contributed by atoms with Gasteiger partial charge in [0.15, 0.2) is 0 Å². The second kappa shape index (κ2) is 10.7. The summed E-state index contributed by atoms with van der Waals surface area (Å²) >= 11 is 0. The summed E-state index contributed by atoms with van der Waals surface area (Å²) in [6.45, 7) is 0.171. The van der Waals surface area contributed by atoms with Gasteiger partial charge in [0, 0.05) is 18.5 Å². The number of nitrogens with one attached hydrogen (secondary N) is 2. The van der Waals surface area contributed by atoms with Crippen LogP contribution in [-0.4, -0.2) is 81.5 Å². The van der Waals surface area contributed by atoms with Crippen LogP contribution >= 0.6 is 0 Å². The summed E-state index contributed by atoms with van der Waals surface area (Å²) in [6, 6.07) is 4.02. The third kappa shape index (κ3) is 5.45. The number of fused-ring (bicyclic) bond motifs is 1. The molecule has 12 nitrogen and oxygen atoms in total. The van der Waals surface area contributed by atoms with Crippen molar-refractivity contribution in [1.29, 1.82) is 0 Å². The lowest BCUT2D eigenvalue weighted by Crippen LogP contribution is -2.64. The molecule has 0 radical (unpaired) electrons. The summed E-state index contributed by atoms with van der Waals surface area (Å²) in [7, 11) is 0. The molecule has 0 spiro atoms. The van der Waals surface area contributed by atoms with Crippen LogP contribution in [0.5, 0.6) is 0 Å². The number of hydrogen-bond acceptors (Lipinski definition) is 7. The van der Waals surface area contributed by atoms with Gasteiger partial charge in [-0.15, -0.1) is 0 Å². The fourth-order valence-corrected chi connectivity index (χ4v) is 3.95. The lowest BCUT2D eigenvalue weighted by atomic mass is 10.0. The summed E-state index contributed by atoms with van der Waals surface area (Å²) < 4.78 is 0. The van der Waals surface area contributed by atoms with E-state index in [9.17, 15) is 33.6 Å². The quantitative estimate of drug-likeness (QED) is 0.247. The van der Waals surface area contributed by atoms with Crippen LogP contribution in [0, 0.1) is 0 Å². The van der Waals surface area contributed by atoms with Gasteiger partial charge < -0.3 is 20.5 Å². The number of carboxylic acids is 1. The van der Waals surface area contributed by atoms with Crippen LogP contribution in [0.4, 0.5) is 0 Å².